The molecule has 0 saturated carbocycles. The van der Waals surface area contributed by atoms with Crippen LogP contribution in [0.15, 0.2) is 12.1 Å². The third kappa shape index (κ3) is 2.36. The summed E-state index contributed by atoms with van der Waals surface area (Å²) >= 11 is 6.12. The minimum atomic E-state index is 0.589. The molecule has 2 N–H and O–H groups in total. The second-order valence-electron chi connectivity index (χ2n) is 3.48. The lowest BCUT2D eigenvalue weighted by atomic mass is 10.1. The van der Waals surface area contributed by atoms with Gasteiger partial charge in [0.15, 0.2) is 11.5 Å². The third-order valence-corrected chi connectivity index (χ3v) is 2.71. The highest BCUT2D eigenvalue weighted by Gasteiger charge is 2.14. The summed E-state index contributed by atoms with van der Waals surface area (Å²) in [5.41, 5.74) is 6.54. The highest BCUT2D eigenvalue weighted by Crippen LogP contribution is 2.35. The van der Waals surface area contributed by atoms with Gasteiger partial charge in [0.05, 0.1) is 0 Å². The summed E-state index contributed by atoms with van der Waals surface area (Å²) < 4.78 is 10.9. The standard InChI is InChI=1S/C11H14ClNO2/c12-9-7-11-10(14-4-5-15-11)6-8(9)2-1-3-13/h6-7H,1-5,13H2. The maximum Gasteiger partial charge on any atom is 0.162 e. The van der Waals surface area contributed by atoms with Crippen LogP contribution in [-0.2, 0) is 6.42 Å². The molecule has 0 saturated heterocycles. The number of ether oxygens (including phenoxy) is 2. The van der Waals surface area contributed by atoms with Crippen LogP contribution in [0.2, 0.25) is 5.02 Å². The molecule has 3 nitrogen and oxygen atoms in total. The highest BCUT2D eigenvalue weighted by atomic mass is 35.5. The molecule has 2 rings (SSSR count). The zero-order chi connectivity index (χ0) is 10.7. The summed E-state index contributed by atoms with van der Waals surface area (Å²) in [6.07, 6.45) is 1.81. The first kappa shape index (κ1) is 10.6. The molecule has 1 aliphatic heterocycles. The van der Waals surface area contributed by atoms with E-state index in [1.54, 1.807) is 0 Å². The molecule has 0 atom stereocenters. The topological polar surface area (TPSA) is 44.5 Å². The van der Waals surface area contributed by atoms with Crippen molar-refractivity contribution in [2.24, 2.45) is 5.73 Å². The predicted molar refractivity (Wildman–Crippen MR) is 59.8 cm³/mol. The molecule has 1 aliphatic rings. The first-order valence-electron chi connectivity index (χ1n) is 5.09. The largest absolute Gasteiger partial charge is 0.486 e. The molecule has 82 valence electrons. The maximum absolute atomic E-state index is 6.12. The molecular weight excluding hydrogens is 214 g/mol. The van der Waals surface area contributed by atoms with E-state index in [1.807, 2.05) is 12.1 Å². The minimum absolute atomic E-state index is 0.589. The summed E-state index contributed by atoms with van der Waals surface area (Å²) in [5, 5.41) is 0.729. The zero-order valence-electron chi connectivity index (χ0n) is 8.46. The molecule has 1 aromatic rings. The number of halogens is 1. The van der Waals surface area contributed by atoms with Crippen LogP contribution < -0.4 is 15.2 Å². The molecule has 1 heterocycles. The molecule has 0 aromatic heterocycles. The van der Waals surface area contributed by atoms with Crippen molar-refractivity contribution in [1.82, 2.24) is 0 Å². The van der Waals surface area contributed by atoms with Gasteiger partial charge in [0.25, 0.3) is 0 Å². The van der Waals surface area contributed by atoms with E-state index in [0.29, 0.717) is 19.8 Å². The summed E-state index contributed by atoms with van der Waals surface area (Å²) in [4.78, 5) is 0. The average Bonchev–Trinajstić information content (AvgIpc) is 2.26. The minimum Gasteiger partial charge on any atom is -0.486 e. The Balaban J connectivity index is 2.24. The van der Waals surface area contributed by atoms with Gasteiger partial charge in [-0.25, -0.2) is 0 Å². The Morgan fingerprint density at radius 2 is 1.87 bits per heavy atom. The number of hydrogen-bond acceptors (Lipinski definition) is 3. The van der Waals surface area contributed by atoms with E-state index < -0.39 is 0 Å². The van der Waals surface area contributed by atoms with Crippen molar-refractivity contribution in [3.05, 3.63) is 22.7 Å². The SMILES string of the molecule is NCCCc1cc2c(cc1Cl)OCCO2. The molecule has 0 aliphatic carbocycles. The first-order chi connectivity index (χ1) is 7.31. The molecule has 4 heteroatoms. The molecule has 0 fully saturated rings. The fraction of sp³-hybridized carbons (Fsp3) is 0.455. The van der Waals surface area contributed by atoms with Crippen molar-refractivity contribution >= 4 is 11.6 Å². The highest BCUT2D eigenvalue weighted by molar-refractivity contribution is 6.31. The van der Waals surface area contributed by atoms with Gasteiger partial charge in [0, 0.05) is 11.1 Å². The van der Waals surface area contributed by atoms with Crippen LogP contribution in [0.3, 0.4) is 0 Å². The summed E-state index contributed by atoms with van der Waals surface area (Å²) in [7, 11) is 0. The van der Waals surface area contributed by atoms with Gasteiger partial charge in [-0.15, -0.1) is 0 Å². The Kier molecular flexibility index (Phi) is 3.34. The average molecular weight is 228 g/mol. The number of nitrogens with two attached hydrogens (primary N) is 1. The number of benzene rings is 1. The van der Waals surface area contributed by atoms with Crippen LogP contribution in [0.1, 0.15) is 12.0 Å². The van der Waals surface area contributed by atoms with Crippen LogP contribution >= 0.6 is 11.6 Å². The van der Waals surface area contributed by atoms with Crippen LogP contribution in [0.4, 0.5) is 0 Å². The van der Waals surface area contributed by atoms with Gasteiger partial charge in [0.2, 0.25) is 0 Å². The smallest absolute Gasteiger partial charge is 0.162 e. The van der Waals surface area contributed by atoms with Crippen LogP contribution in [-0.4, -0.2) is 19.8 Å². The van der Waals surface area contributed by atoms with Gasteiger partial charge >= 0.3 is 0 Å². The molecule has 1 aromatic carbocycles. The van der Waals surface area contributed by atoms with Crippen molar-refractivity contribution in [3.63, 3.8) is 0 Å². The molecule has 0 bridgehead atoms. The fourth-order valence-electron chi connectivity index (χ4n) is 1.59. The zero-order valence-corrected chi connectivity index (χ0v) is 9.22. The second-order valence-corrected chi connectivity index (χ2v) is 3.89. The molecule has 0 amide bonds. The lowest BCUT2D eigenvalue weighted by Gasteiger charge is -2.19. The quantitative estimate of drug-likeness (QED) is 0.859. The Morgan fingerprint density at radius 1 is 1.20 bits per heavy atom. The Hall–Kier alpha value is -0.930. The Bertz CT molecular complexity index is 355. The van der Waals surface area contributed by atoms with Crippen molar-refractivity contribution in [2.75, 3.05) is 19.8 Å². The number of rotatable bonds is 3. The Labute approximate surface area is 94.1 Å². The van der Waals surface area contributed by atoms with Gasteiger partial charge in [-0.3, -0.25) is 0 Å². The van der Waals surface area contributed by atoms with E-state index in [0.717, 1.165) is 34.9 Å². The number of aryl methyl sites for hydroxylation is 1. The molecule has 0 radical (unpaired) electrons. The predicted octanol–water partition coefficient (Wildman–Crippen LogP) is 2.00. The summed E-state index contributed by atoms with van der Waals surface area (Å²) in [6, 6.07) is 3.77. The maximum atomic E-state index is 6.12. The van der Waals surface area contributed by atoms with Crippen molar-refractivity contribution in [2.45, 2.75) is 12.8 Å². The fourth-order valence-corrected chi connectivity index (χ4v) is 1.84. The van der Waals surface area contributed by atoms with Crippen LogP contribution in [0.5, 0.6) is 11.5 Å². The van der Waals surface area contributed by atoms with E-state index in [2.05, 4.69) is 0 Å². The number of hydrogen-bond donors (Lipinski definition) is 1. The van der Waals surface area contributed by atoms with E-state index in [1.165, 1.54) is 0 Å². The van der Waals surface area contributed by atoms with Crippen molar-refractivity contribution < 1.29 is 9.47 Å². The van der Waals surface area contributed by atoms with Gasteiger partial charge in [0.1, 0.15) is 13.2 Å². The van der Waals surface area contributed by atoms with Gasteiger partial charge in [-0.1, -0.05) is 11.6 Å². The number of fused-ring (bicyclic) bond motifs is 1. The van der Waals surface area contributed by atoms with Gasteiger partial charge < -0.3 is 15.2 Å². The molecular formula is C11H14ClNO2. The van der Waals surface area contributed by atoms with E-state index in [9.17, 15) is 0 Å². The van der Waals surface area contributed by atoms with Crippen molar-refractivity contribution in [3.8, 4) is 11.5 Å². The second kappa shape index (κ2) is 4.73. The summed E-state index contributed by atoms with van der Waals surface area (Å²) in [5.74, 6) is 1.53. The molecule has 0 unspecified atom stereocenters. The molecule has 15 heavy (non-hydrogen) atoms. The third-order valence-electron chi connectivity index (χ3n) is 2.36. The van der Waals surface area contributed by atoms with E-state index in [4.69, 9.17) is 26.8 Å². The van der Waals surface area contributed by atoms with E-state index in [-0.39, 0.29) is 0 Å². The van der Waals surface area contributed by atoms with Gasteiger partial charge in [-0.2, -0.15) is 0 Å². The van der Waals surface area contributed by atoms with Gasteiger partial charge in [-0.05, 0) is 31.0 Å². The lowest BCUT2D eigenvalue weighted by molar-refractivity contribution is 0.171. The van der Waals surface area contributed by atoms with Crippen LogP contribution in [0, 0.1) is 0 Å². The first-order valence-corrected chi connectivity index (χ1v) is 5.47. The summed E-state index contributed by atoms with van der Waals surface area (Å²) in [6.45, 7) is 1.86. The Morgan fingerprint density at radius 3 is 2.53 bits per heavy atom. The molecule has 0 spiro atoms. The van der Waals surface area contributed by atoms with Crippen LogP contribution in [0.25, 0.3) is 0 Å². The van der Waals surface area contributed by atoms with E-state index >= 15 is 0 Å². The monoisotopic (exact) mass is 227 g/mol. The lowest BCUT2D eigenvalue weighted by Crippen LogP contribution is -2.15. The normalized spacial score (nSPS) is 14.0. The van der Waals surface area contributed by atoms with Crippen molar-refractivity contribution in [1.29, 1.82) is 0 Å².